The molecule has 8 heteroatoms. The van der Waals surface area contributed by atoms with E-state index in [-0.39, 0.29) is 24.0 Å². The van der Waals surface area contributed by atoms with Gasteiger partial charge in [0.1, 0.15) is 0 Å². The first-order valence-electron chi connectivity index (χ1n) is 9.92. The maximum absolute atomic E-state index is 5.16. The molecule has 0 aromatic carbocycles. The van der Waals surface area contributed by atoms with Gasteiger partial charge >= 0.3 is 0 Å². The Bertz CT molecular complexity index is 569. The van der Waals surface area contributed by atoms with Crippen LogP contribution in [0.25, 0.3) is 0 Å². The smallest absolute Gasteiger partial charge is 0.191 e. The van der Waals surface area contributed by atoms with Crippen LogP contribution >= 0.6 is 24.0 Å². The number of guanidine groups is 1. The highest BCUT2D eigenvalue weighted by Gasteiger charge is 2.12. The van der Waals surface area contributed by atoms with Crippen molar-refractivity contribution >= 4 is 29.9 Å². The van der Waals surface area contributed by atoms with Crippen molar-refractivity contribution in [3.63, 3.8) is 0 Å². The molecule has 2 N–H and O–H groups in total. The van der Waals surface area contributed by atoms with Gasteiger partial charge in [-0.1, -0.05) is 6.42 Å². The molecule has 0 aliphatic carbocycles. The van der Waals surface area contributed by atoms with Gasteiger partial charge in [-0.05, 0) is 46.7 Å². The van der Waals surface area contributed by atoms with Crippen LogP contribution in [-0.2, 0) is 17.8 Å². The molecule has 0 atom stereocenters. The third-order valence-corrected chi connectivity index (χ3v) is 4.95. The topological polar surface area (TPSA) is 66.7 Å². The molecule has 27 heavy (non-hydrogen) atoms. The van der Waals surface area contributed by atoms with Crippen molar-refractivity contribution < 1.29 is 4.74 Å². The molecule has 1 aromatic rings. The van der Waals surface area contributed by atoms with Gasteiger partial charge in [-0.15, -0.1) is 24.0 Å². The Kier molecular flexibility index (Phi) is 11.9. The largest absolute Gasteiger partial charge is 0.383 e. The normalized spacial score (nSPS) is 15.5. The molecule has 0 spiro atoms. The average Bonchev–Trinajstić information content (AvgIpc) is 2.92. The number of halogens is 1. The second kappa shape index (κ2) is 13.3. The van der Waals surface area contributed by atoms with E-state index in [0.717, 1.165) is 37.8 Å². The van der Waals surface area contributed by atoms with Gasteiger partial charge in [-0.2, -0.15) is 5.10 Å². The molecule has 1 fully saturated rings. The fourth-order valence-electron chi connectivity index (χ4n) is 3.37. The monoisotopic (exact) mass is 492 g/mol. The summed E-state index contributed by atoms with van der Waals surface area (Å²) in [5.74, 6) is 0.882. The number of aryl methyl sites for hydroxylation is 1. The van der Waals surface area contributed by atoms with Gasteiger partial charge < -0.3 is 20.3 Å². The molecule has 2 rings (SSSR count). The van der Waals surface area contributed by atoms with Crippen LogP contribution in [0.3, 0.4) is 0 Å². The molecule has 1 aliphatic rings. The summed E-state index contributed by atoms with van der Waals surface area (Å²) in [5, 5.41) is 11.4. The van der Waals surface area contributed by atoms with Crippen molar-refractivity contribution in [3.8, 4) is 0 Å². The van der Waals surface area contributed by atoms with Crippen molar-refractivity contribution in [1.82, 2.24) is 25.3 Å². The zero-order valence-electron chi connectivity index (χ0n) is 17.4. The highest BCUT2D eigenvalue weighted by Crippen LogP contribution is 2.14. The second-order valence-corrected chi connectivity index (χ2v) is 6.89. The Hall–Kier alpha value is -0.870. The lowest BCUT2D eigenvalue weighted by molar-refractivity contribution is 0.182. The Labute approximate surface area is 181 Å². The van der Waals surface area contributed by atoms with Crippen molar-refractivity contribution in [1.29, 1.82) is 0 Å². The number of nitrogens with zero attached hydrogens (tertiary/aromatic N) is 4. The number of piperidine rings is 1. The van der Waals surface area contributed by atoms with E-state index in [1.165, 1.54) is 43.6 Å². The predicted octanol–water partition coefficient (Wildman–Crippen LogP) is 2.31. The van der Waals surface area contributed by atoms with Crippen LogP contribution in [0, 0.1) is 13.8 Å². The molecule has 1 aliphatic heterocycles. The number of aliphatic imine (C=N–C) groups is 1. The zero-order chi connectivity index (χ0) is 18.8. The molecule has 0 saturated carbocycles. The fraction of sp³-hybridized carbons (Fsp3) is 0.789. The summed E-state index contributed by atoms with van der Waals surface area (Å²) >= 11 is 0. The fourth-order valence-corrected chi connectivity index (χ4v) is 3.37. The molecule has 2 heterocycles. The van der Waals surface area contributed by atoms with E-state index >= 15 is 0 Å². The minimum atomic E-state index is 0. The van der Waals surface area contributed by atoms with Gasteiger partial charge in [0.05, 0.1) is 25.4 Å². The summed E-state index contributed by atoms with van der Waals surface area (Å²) in [6.45, 7) is 13.7. The first-order chi connectivity index (χ1) is 12.7. The average molecular weight is 492 g/mol. The lowest BCUT2D eigenvalue weighted by atomic mass is 10.1. The van der Waals surface area contributed by atoms with Crippen molar-refractivity contribution in [2.24, 2.45) is 4.99 Å². The van der Waals surface area contributed by atoms with E-state index in [1.807, 2.05) is 4.68 Å². The van der Waals surface area contributed by atoms with Crippen LogP contribution in [0.1, 0.15) is 43.1 Å². The highest BCUT2D eigenvalue weighted by atomic mass is 127. The third kappa shape index (κ3) is 7.95. The number of hydrogen-bond acceptors (Lipinski definition) is 4. The van der Waals surface area contributed by atoms with E-state index in [2.05, 4.69) is 41.4 Å². The van der Waals surface area contributed by atoms with Crippen molar-refractivity contribution in [2.75, 3.05) is 46.4 Å². The predicted molar refractivity (Wildman–Crippen MR) is 122 cm³/mol. The van der Waals surface area contributed by atoms with E-state index in [1.54, 1.807) is 7.11 Å². The van der Waals surface area contributed by atoms with Gasteiger partial charge in [-0.25, -0.2) is 4.99 Å². The second-order valence-electron chi connectivity index (χ2n) is 6.89. The highest BCUT2D eigenvalue weighted by molar-refractivity contribution is 14.0. The molecule has 0 bridgehead atoms. The Morgan fingerprint density at radius 2 is 1.89 bits per heavy atom. The first-order valence-corrected chi connectivity index (χ1v) is 9.92. The number of aromatic nitrogens is 2. The number of nitrogens with one attached hydrogen (secondary N) is 2. The van der Waals surface area contributed by atoms with Crippen LogP contribution in [-0.4, -0.2) is 67.1 Å². The number of rotatable bonds is 9. The van der Waals surface area contributed by atoms with Gasteiger partial charge in [0.25, 0.3) is 0 Å². The lowest BCUT2D eigenvalue weighted by Gasteiger charge is -2.26. The van der Waals surface area contributed by atoms with Crippen LogP contribution in [0.15, 0.2) is 4.99 Å². The summed E-state index contributed by atoms with van der Waals surface area (Å²) < 4.78 is 7.18. The van der Waals surface area contributed by atoms with Crippen LogP contribution in [0.2, 0.25) is 0 Å². The van der Waals surface area contributed by atoms with Gasteiger partial charge in [-0.3, -0.25) is 4.68 Å². The molecule has 1 saturated heterocycles. The SMILES string of the molecule is CCNC(=NCc1c(C)nn(CCOC)c1C)NCCN1CCCCC1.I. The van der Waals surface area contributed by atoms with E-state index in [9.17, 15) is 0 Å². The number of likely N-dealkylation sites (tertiary alicyclic amines) is 1. The van der Waals surface area contributed by atoms with E-state index < -0.39 is 0 Å². The molecule has 156 valence electrons. The maximum atomic E-state index is 5.16. The first kappa shape index (κ1) is 24.2. The molecule has 1 aromatic heterocycles. The molecule has 0 amide bonds. The minimum absolute atomic E-state index is 0. The molecule has 0 radical (unpaired) electrons. The number of ether oxygens (including phenoxy) is 1. The minimum Gasteiger partial charge on any atom is -0.383 e. The molecule has 7 nitrogen and oxygen atoms in total. The van der Waals surface area contributed by atoms with Gasteiger partial charge in [0.15, 0.2) is 5.96 Å². The van der Waals surface area contributed by atoms with Gasteiger partial charge in [0.2, 0.25) is 0 Å². The summed E-state index contributed by atoms with van der Waals surface area (Å²) in [6, 6.07) is 0. The summed E-state index contributed by atoms with van der Waals surface area (Å²) in [6.07, 6.45) is 4.05. The van der Waals surface area contributed by atoms with Crippen molar-refractivity contribution in [2.45, 2.75) is 53.1 Å². The molecule has 0 unspecified atom stereocenters. The van der Waals surface area contributed by atoms with Gasteiger partial charge in [0, 0.05) is 38.0 Å². The Balaban J connectivity index is 0.00000364. The summed E-state index contributed by atoms with van der Waals surface area (Å²) in [7, 11) is 1.72. The number of hydrogen-bond donors (Lipinski definition) is 2. The zero-order valence-corrected chi connectivity index (χ0v) is 19.7. The van der Waals surface area contributed by atoms with E-state index in [4.69, 9.17) is 9.73 Å². The van der Waals surface area contributed by atoms with E-state index in [0.29, 0.717) is 13.2 Å². The Morgan fingerprint density at radius 3 is 2.56 bits per heavy atom. The summed E-state index contributed by atoms with van der Waals surface area (Å²) in [4.78, 5) is 7.31. The molecular formula is C19H37IN6O. The standard InChI is InChI=1S/C19H36N6O.HI/c1-5-20-19(21-9-12-24-10-7-6-8-11-24)22-15-18-16(2)23-25(17(18)3)13-14-26-4;/h5-15H2,1-4H3,(H2,20,21,22);1H. The lowest BCUT2D eigenvalue weighted by Crippen LogP contribution is -2.42. The van der Waals surface area contributed by atoms with Crippen molar-refractivity contribution in [3.05, 3.63) is 17.0 Å². The Morgan fingerprint density at radius 1 is 1.15 bits per heavy atom. The van der Waals surface area contributed by atoms with Crippen LogP contribution < -0.4 is 10.6 Å². The quantitative estimate of drug-likeness (QED) is 0.315. The summed E-state index contributed by atoms with van der Waals surface area (Å²) in [5.41, 5.74) is 3.42. The maximum Gasteiger partial charge on any atom is 0.191 e. The van der Waals surface area contributed by atoms with Crippen LogP contribution in [0.5, 0.6) is 0 Å². The molecular weight excluding hydrogens is 455 g/mol. The van der Waals surface area contributed by atoms with Crippen LogP contribution in [0.4, 0.5) is 0 Å². The number of methoxy groups -OCH3 is 1. The third-order valence-electron chi connectivity index (χ3n) is 4.95.